The summed E-state index contributed by atoms with van der Waals surface area (Å²) in [7, 11) is 1.70. The summed E-state index contributed by atoms with van der Waals surface area (Å²) in [6.45, 7) is 5.21. The number of aliphatic hydroxyl groups is 1. The van der Waals surface area contributed by atoms with E-state index in [4.69, 9.17) is 4.74 Å². The summed E-state index contributed by atoms with van der Waals surface area (Å²) in [5.41, 5.74) is 2.18. The van der Waals surface area contributed by atoms with E-state index in [1.165, 1.54) is 6.42 Å². The zero-order valence-corrected chi connectivity index (χ0v) is 12.3. The van der Waals surface area contributed by atoms with Crippen molar-refractivity contribution in [3.05, 3.63) is 35.4 Å². The average molecular weight is 262 g/mol. The molecule has 1 aliphatic carbocycles. The molecule has 1 fully saturated rings. The Morgan fingerprint density at radius 1 is 1.21 bits per heavy atom. The predicted molar refractivity (Wildman–Crippen MR) is 77.8 cm³/mol. The lowest BCUT2D eigenvalue weighted by Gasteiger charge is -2.34. The lowest BCUT2D eigenvalue weighted by Crippen LogP contribution is -2.24. The largest absolute Gasteiger partial charge is 0.388 e. The van der Waals surface area contributed by atoms with E-state index in [0.29, 0.717) is 12.5 Å². The van der Waals surface area contributed by atoms with E-state index in [2.05, 4.69) is 19.9 Å². The van der Waals surface area contributed by atoms with E-state index in [1.807, 2.05) is 18.2 Å². The van der Waals surface area contributed by atoms with Gasteiger partial charge in [-0.15, -0.1) is 0 Å². The van der Waals surface area contributed by atoms with Gasteiger partial charge in [-0.1, -0.05) is 38.1 Å². The number of rotatable bonds is 4. The highest BCUT2D eigenvalue weighted by Gasteiger charge is 2.29. The number of benzene rings is 1. The second-order valence-corrected chi connectivity index (χ2v) is 6.30. The fourth-order valence-electron chi connectivity index (χ4n) is 3.57. The zero-order chi connectivity index (χ0) is 13.8. The molecule has 1 aromatic carbocycles. The fourth-order valence-corrected chi connectivity index (χ4v) is 3.57. The van der Waals surface area contributed by atoms with Gasteiger partial charge < -0.3 is 9.84 Å². The number of hydrogen-bond donors (Lipinski definition) is 1. The lowest BCUT2D eigenvalue weighted by molar-refractivity contribution is 0.0550. The van der Waals surface area contributed by atoms with Crippen LogP contribution in [0, 0.1) is 17.8 Å². The molecule has 0 spiro atoms. The van der Waals surface area contributed by atoms with Gasteiger partial charge in [0.1, 0.15) is 0 Å². The quantitative estimate of drug-likeness (QED) is 0.890. The topological polar surface area (TPSA) is 29.5 Å². The molecule has 0 aromatic heterocycles. The second kappa shape index (κ2) is 6.53. The SMILES string of the molecule is COCc1cccc(C(O)C2CC(C)CC(C)C2)c1. The summed E-state index contributed by atoms with van der Waals surface area (Å²) in [6, 6.07) is 8.18. The van der Waals surface area contributed by atoms with E-state index in [-0.39, 0.29) is 6.10 Å². The molecule has 0 amide bonds. The highest BCUT2D eigenvalue weighted by Crippen LogP contribution is 2.39. The number of aliphatic hydroxyl groups excluding tert-OH is 1. The predicted octanol–water partition coefficient (Wildman–Crippen LogP) is 3.94. The normalized spacial score (nSPS) is 29.2. The van der Waals surface area contributed by atoms with Gasteiger partial charge in [0.05, 0.1) is 12.7 Å². The van der Waals surface area contributed by atoms with E-state index in [1.54, 1.807) is 7.11 Å². The van der Waals surface area contributed by atoms with Crippen LogP contribution in [0.15, 0.2) is 24.3 Å². The van der Waals surface area contributed by atoms with Crippen molar-refractivity contribution >= 4 is 0 Å². The Morgan fingerprint density at radius 3 is 2.53 bits per heavy atom. The van der Waals surface area contributed by atoms with Gasteiger partial charge >= 0.3 is 0 Å². The molecule has 0 heterocycles. The minimum Gasteiger partial charge on any atom is -0.388 e. The molecule has 1 saturated carbocycles. The standard InChI is InChI=1S/C17H26O2/c1-12-7-13(2)9-16(8-12)17(18)15-6-4-5-14(10-15)11-19-3/h4-6,10,12-13,16-18H,7-9,11H2,1-3H3. The van der Waals surface area contributed by atoms with E-state index < -0.39 is 0 Å². The first kappa shape index (κ1) is 14.5. The summed E-state index contributed by atoms with van der Waals surface area (Å²) < 4.78 is 5.16. The van der Waals surface area contributed by atoms with Crippen molar-refractivity contribution in [2.75, 3.05) is 7.11 Å². The van der Waals surface area contributed by atoms with E-state index in [9.17, 15) is 5.11 Å². The van der Waals surface area contributed by atoms with Crippen molar-refractivity contribution in [2.24, 2.45) is 17.8 Å². The van der Waals surface area contributed by atoms with Crippen molar-refractivity contribution in [3.8, 4) is 0 Å². The van der Waals surface area contributed by atoms with Crippen molar-refractivity contribution in [1.82, 2.24) is 0 Å². The molecule has 2 rings (SSSR count). The molecule has 19 heavy (non-hydrogen) atoms. The van der Waals surface area contributed by atoms with E-state index in [0.717, 1.165) is 35.8 Å². The van der Waals surface area contributed by atoms with Gasteiger partial charge in [0.25, 0.3) is 0 Å². The van der Waals surface area contributed by atoms with Crippen molar-refractivity contribution in [3.63, 3.8) is 0 Å². The van der Waals surface area contributed by atoms with Crippen molar-refractivity contribution in [1.29, 1.82) is 0 Å². The van der Waals surface area contributed by atoms with Crippen LogP contribution in [0.1, 0.15) is 50.3 Å². The number of hydrogen-bond acceptors (Lipinski definition) is 2. The first-order chi connectivity index (χ1) is 9.10. The summed E-state index contributed by atoms with van der Waals surface area (Å²) in [5, 5.41) is 10.6. The van der Waals surface area contributed by atoms with Gasteiger partial charge in [-0.3, -0.25) is 0 Å². The monoisotopic (exact) mass is 262 g/mol. The molecule has 1 N–H and O–H groups in total. The number of methoxy groups -OCH3 is 1. The number of ether oxygens (including phenoxy) is 1. The minimum atomic E-state index is -0.331. The highest BCUT2D eigenvalue weighted by atomic mass is 16.5. The van der Waals surface area contributed by atoms with Crippen molar-refractivity contribution in [2.45, 2.75) is 45.8 Å². The van der Waals surface area contributed by atoms with Crippen LogP contribution in [0.5, 0.6) is 0 Å². The highest BCUT2D eigenvalue weighted by molar-refractivity contribution is 5.25. The van der Waals surface area contributed by atoms with Gasteiger partial charge in [-0.25, -0.2) is 0 Å². The van der Waals surface area contributed by atoms with Gasteiger partial charge in [0.2, 0.25) is 0 Å². The Balaban J connectivity index is 2.09. The molecule has 3 unspecified atom stereocenters. The average Bonchev–Trinajstić information content (AvgIpc) is 2.37. The smallest absolute Gasteiger partial charge is 0.0818 e. The third-order valence-electron chi connectivity index (χ3n) is 4.27. The Bertz CT molecular complexity index is 392. The van der Waals surface area contributed by atoms with Crippen LogP contribution in [-0.4, -0.2) is 12.2 Å². The van der Waals surface area contributed by atoms with Gasteiger partial charge in [0.15, 0.2) is 0 Å². The fraction of sp³-hybridized carbons (Fsp3) is 0.647. The first-order valence-electron chi connectivity index (χ1n) is 7.36. The third kappa shape index (κ3) is 3.80. The molecule has 0 saturated heterocycles. The zero-order valence-electron chi connectivity index (χ0n) is 12.3. The molecule has 1 aromatic rings. The Labute approximate surface area is 116 Å². The van der Waals surface area contributed by atoms with Gasteiger partial charge in [-0.05, 0) is 48.1 Å². The summed E-state index contributed by atoms with van der Waals surface area (Å²) >= 11 is 0. The van der Waals surface area contributed by atoms with Crippen LogP contribution in [-0.2, 0) is 11.3 Å². The minimum absolute atomic E-state index is 0.331. The summed E-state index contributed by atoms with van der Waals surface area (Å²) in [5.74, 6) is 1.85. The third-order valence-corrected chi connectivity index (χ3v) is 4.27. The molecule has 0 radical (unpaired) electrons. The van der Waals surface area contributed by atoms with Crippen LogP contribution in [0.2, 0.25) is 0 Å². The van der Waals surface area contributed by atoms with Crippen LogP contribution >= 0.6 is 0 Å². The maximum Gasteiger partial charge on any atom is 0.0818 e. The second-order valence-electron chi connectivity index (χ2n) is 6.30. The molecule has 1 aliphatic rings. The molecule has 3 atom stereocenters. The van der Waals surface area contributed by atoms with Gasteiger partial charge in [0, 0.05) is 7.11 Å². The van der Waals surface area contributed by atoms with Crippen LogP contribution < -0.4 is 0 Å². The summed E-state index contributed by atoms with van der Waals surface area (Å²) in [4.78, 5) is 0. The molecular weight excluding hydrogens is 236 g/mol. The summed E-state index contributed by atoms with van der Waals surface area (Å²) in [6.07, 6.45) is 3.24. The van der Waals surface area contributed by atoms with Gasteiger partial charge in [-0.2, -0.15) is 0 Å². The van der Waals surface area contributed by atoms with Crippen LogP contribution in [0.25, 0.3) is 0 Å². The molecule has 106 valence electrons. The van der Waals surface area contributed by atoms with Crippen LogP contribution in [0.4, 0.5) is 0 Å². The first-order valence-corrected chi connectivity index (χ1v) is 7.36. The lowest BCUT2D eigenvalue weighted by atomic mass is 9.73. The van der Waals surface area contributed by atoms with E-state index >= 15 is 0 Å². The maximum atomic E-state index is 10.6. The Kier molecular flexibility index (Phi) is 5.00. The molecular formula is C17H26O2. The molecule has 0 bridgehead atoms. The van der Waals surface area contributed by atoms with Crippen LogP contribution in [0.3, 0.4) is 0 Å². The molecule has 0 aliphatic heterocycles. The van der Waals surface area contributed by atoms with Crippen molar-refractivity contribution < 1.29 is 9.84 Å². The molecule has 2 nitrogen and oxygen atoms in total. The maximum absolute atomic E-state index is 10.6. The Morgan fingerprint density at radius 2 is 1.89 bits per heavy atom. The Hall–Kier alpha value is -0.860. The molecule has 2 heteroatoms.